The van der Waals surface area contributed by atoms with Crippen LogP contribution in [0.25, 0.3) is 22.5 Å². The summed E-state index contributed by atoms with van der Waals surface area (Å²) in [6.07, 6.45) is 3.83. The number of aromatic nitrogens is 7. The van der Waals surface area contributed by atoms with Crippen molar-refractivity contribution in [3.8, 4) is 28.5 Å². The first kappa shape index (κ1) is 27.9. The standard InChI is InChI=1S/C25H22ClF2N9O4/c1-12(32-23(39)25(10-41-11-25)33-22(38)14-8-30-24(40-3)31-9-14)20-18(28)4-13(7-29-20)16-5-15(26)6-17(27)19(16)21-34-36-37(2)35-21/h4-9,12H,10-11H2,1-3H3,(H,32,39)(H,33,38). The van der Waals surface area contributed by atoms with Gasteiger partial charge in [0, 0.05) is 29.2 Å². The van der Waals surface area contributed by atoms with E-state index in [2.05, 4.69) is 41.0 Å². The maximum Gasteiger partial charge on any atom is 0.316 e. The average Bonchev–Trinajstić information content (AvgIpc) is 3.35. The molecular weight excluding hydrogens is 564 g/mol. The van der Waals surface area contributed by atoms with E-state index in [1.807, 2.05) is 0 Å². The maximum absolute atomic E-state index is 15.4. The van der Waals surface area contributed by atoms with Gasteiger partial charge in [-0.2, -0.15) is 4.80 Å². The Morgan fingerprint density at radius 1 is 1.12 bits per heavy atom. The molecule has 4 aromatic rings. The fraction of sp³-hybridized carbons (Fsp3) is 0.280. The molecule has 0 saturated carbocycles. The Morgan fingerprint density at radius 2 is 1.85 bits per heavy atom. The fourth-order valence-electron chi connectivity index (χ4n) is 4.12. The molecular formula is C25H22ClF2N9O4. The van der Waals surface area contributed by atoms with Gasteiger partial charge in [0.2, 0.25) is 5.82 Å². The highest BCUT2D eigenvalue weighted by Crippen LogP contribution is 2.35. The third-order valence-electron chi connectivity index (χ3n) is 6.28. The van der Waals surface area contributed by atoms with E-state index < -0.39 is 35.0 Å². The number of nitrogens with one attached hydrogen (secondary N) is 2. The second kappa shape index (κ2) is 11.1. The highest BCUT2D eigenvalue weighted by molar-refractivity contribution is 6.31. The van der Waals surface area contributed by atoms with Gasteiger partial charge in [-0.25, -0.2) is 18.7 Å². The molecule has 3 aromatic heterocycles. The molecule has 0 bridgehead atoms. The quantitative estimate of drug-likeness (QED) is 0.313. The van der Waals surface area contributed by atoms with E-state index in [1.165, 1.54) is 45.7 Å². The number of methoxy groups -OCH3 is 1. The summed E-state index contributed by atoms with van der Waals surface area (Å²) in [5, 5.41) is 17.0. The predicted molar refractivity (Wildman–Crippen MR) is 139 cm³/mol. The summed E-state index contributed by atoms with van der Waals surface area (Å²) in [7, 11) is 2.91. The van der Waals surface area contributed by atoms with E-state index in [1.54, 1.807) is 0 Å². The predicted octanol–water partition coefficient (Wildman–Crippen LogP) is 2.05. The number of halogens is 3. The Balaban J connectivity index is 1.35. The molecule has 16 heteroatoms. The average molecular weight is 586 g/mol. The number of carbonyl (C=O) groups excluding carboxylic acids is 2. The van der Waals surface area contributed by atoms with Crippen LogP contribution in [0.15, 0.2) is 36.8 Å². The highest BCUT2D eigenvalue weighted by atomic mass is 35.5. The molecule has 2 N–H and O–H groups in total. The van der Waals surface area contributed by atoms with E-state index in [0.717, 1.165) is 16.9 Å². The van der Waals surface area contributed by atoms with Crippen molar-refractivity contribution < 1.29 is 27.8 Å². The van der Waals surface area contributed by atoms with E-state index in [4.69, 9.17) is 21.1 Å². The molecule has 5 rings (SSSR count). The lowest BCUT2D eigenvalue weighted by Crippen LogP contribution is -2.70. The van der Waals surface area contributed by atoms with Crippen molar-refractivity contribution >= 4 is 23.4 Å². The van der Waals surface area contributed by atoms with Gasteiger partial charge in [-0.15, -0.1) is 10.2 Å². The summed E-state index contributed by atoms with van der Waals surface area (Å²) >= 11 is 6.08. The molecule has 0 radical (unpaired) electrons. The highest BCUT2D eigenvalue weighted by Gasteiger charge is 2.48. The molecule has 13 nitrogen and oxygen atoms in total. The van der Waals surface area contributed by atoms with E-state index >= 15 is 4.39 Å². The van der Waals surface area contributed by atoms with Crippen LogP contribution in [0.5, 0.6) is 6.01 Å². The topological polar surface area (TPSA) is 159 Å². The van der Waals surface area contributed by atoms with Gasteiger partial charge in [0.25, 0.3) is 11.8 Å². The van der Waals surface area contributed by atoms with Crippen LogP contribution in [0.2, 0.25) is 5.02 Å². The Kier molecular flexibility index (Phi) is 7.55. The van der Waals surface area contributed by atoms with Crippen LogP contribution in [0.4, 0.5) is 8.78 Å². The van der Waals surface area contributed by atoms with Gasteiger partial charge < -0.3 is 20.1 Å². The van der Waals surface area contributed by atoms with Crippen LogP contribution in [0.3, 0.4) is 0 Å². The van der Waals surface area contributed by atoms with E-state index in [9.17, 15) is 14.0 Å². The van der Waals surface area contributed by atoms with Gasteiger partial charge in [-0.1, -0.05) is 11.6 Å². The lowest BCUT2D eigenvalue weighted by Gasteiger charge is -2.40. The third-order valence-corrected chi connectivity index (χ3v) is 6.50. The van der Waals surface area contributed by atoms with E-state index in [0.29, 0.717) is 0 Å². The minimum absolute atomic E-state index is 0.0157. The Hall–Kier alpha value is -4.63. The van der Waals surface area contributed by atoms with Crippen LogP contribution in [0.1, 0.15) is 29.0 Å². The lowest BCUT2D eigenvalue weighted by atomic mass is 9.94. The molecule has 1 aliphatic heterocycles. The molecule has 1 saturated heterocycles. The minimum Gasteiger partial charge on any atom is -0.467 e. The molecule has 0 spiro atoms. The van der Waals surface area contributed by atoms with Gasteiger partial charge in [0.15, 0.2) is 5.54 Å². The largest absolute Gasteiger partial charge is 0.467 e. The Labute approximate surface area is 236 Å². The van der Waals surface area contributed by atoms with Crippen molar-refractivity contribution in [1.29, 1.82) is 0 Å². The number of carbonyl (C=O) groups is 2. The zero-order chi connectivity index (χ0) is 29.3. The van der Waals surface area contributed by atoms with Gasteiger partial charge in [0.05, 0.1) is 50.2 Å². The van der Waals surface area contributed by atoms with Gasteiger partial charge >= 0.3 is 6.01 Å². The van der Waals surface area contributed by atoms with E-state index in [-0.39, 0.29) is 58.0 Å². The molecule has 41 heavy (non-hydrogen) atoms. The van der Waals surface area contributed by atoms with Crippen molar-refractivity contribution in [2.45, 2.75) is 18.5 Å². The number of benzene rings is 1. The summed E-state index contributed by atoms with van der Waals surface area (Å²) < 4.78 is 40.3. The van der Waals surface area contributed by atoms with Gasteiger partial charge in [-0.3, -0.25) is 14.6 Å². The van der Waals surface area contributed by atoms with Crippen LogP contribution >= 0.6 is 11.6 Å². The number of pyridine rings is 1. The number of ether oxygens (including phenoxy) is 2. The normalized spacial score (nSPS) is 14.6. The SMILES string of the molecule is COc1ncc(C(=O)NC2(C(=O)NC(C)c3ncc(-c4cc(Cl)cc(F)c4-c4nnn(C)n4)cc3F)COC2)cn1. The smallest absolute Gasteiger partial charge is 0.316 e. The first-order chi connectivity index (χ1) is 19.6. The van der Waals surface area contributed by atoms with Crippen molar-refractivity contribution in [1.82, 2.24) is 45.8 Å². The number of amides is 2. The molecule has 2 amide bonds. The number of nitrogens with zero attached hydrogens (tertiary/aromatic N) is 7. The van der Waals surface area contributed by atoms with Gasteiger partial charge in [0.1, 0.15) is 11.6 Å². The zero-order valence-electron chi connectivity index (χ0n) is 21.9. The second-order valence-corrected chi connectivity index (χ2v) is 9.62. The second-order valence-electron chi connectivity index (χ2n) is 9.19. The minimum atomic E-state index is -1.39. The molecule has 0 aliphatic carbocycles. The third kappa shape index (κ3) is 5.53. The van der Waals surface area contributed by atoms with Crippen LogP contribution in [0, 0.1) is 11.6 Å². The first-order valence-corrected chi connectivity index (χ1v) is 12.4. The maximum atomic E-state index is 15.4. The Morgan fingerprint density at radius 3 is 2.44 bits per heavy atom. The van der Waals surface area contributed by atoms with Crippen molar-refractivity contribution in [2.24, 2.45) is 7.05 Å². The van der Waals surface area contributed by atoms with Crippen molar-refractivity contribution in [3.05, 3.63) is 64.7 Å². The number of tetrazole rings is 1. The molecule has 1 aliphatic rings. The monoisotopic (exact) mass is 585 g/mol. The van der Waals surface area contributed by atoms with Gasteiger partial charge in [-0.05, 0) is 35.9 Å². The number of rotatable bonds is 8. The first-order valence-electron chi connectivity index (χ1n) is 12.1. The number of aryl methyl sites for hydroxylation is 1. The van der Waals surface area contributed by atoms with Crippen LogP contribution in [-0.4, -0.2) is 72.8 Å². The molecule has 1 aromatic carbocycles. The summed E-state index contributed by atoms with van der Waals surface area (Å²) in [6.45, 7) is 1.34. The molecule has 212 valence electrons. The number of hydrogen-bond donors (Lipinski definition) is 2. The summed E-state index contributed by atoms with van der Waals surface area (Å²) in [5.74, 6) is -2.71. The summed E-state index contributed by atoms with van der Waals surface area (Å²) in [5.41, 5.74) is -0.995. The molecule has 1 atom stereocenters. The molecule has 1 fully saturated rings. The Bertz CT molecular complexity index is 1630. The zero-order valence-corrected chi connectivity index (χ0v) is 22.6. The van der Waals surface area contributed by atoms with Crippen LogP contribution < -0.4 is 15.4 Å². The summed E-state index contributed by atoms with van der Waals surface area (Å²) in [4.78, 5) is 39.0. The lowest BCUT2D eigenvalue weighted by molar-refractivity contribution is -0.147. The number of hydrogen-bond acceptors (Lipinski definition) is 10. The molecule has 4 heterocycles. The van der Waals surface area contributed by atoms with Crippen LogP contribution in [-0.2, 0) is 16.6 Å². The van der Waals surface area contributed by atoms with Crippen molar-refractivity contribution in [3.63, 3.8) is 0 Å². The molecule has 1 unspecified atom stereocenters. The summed E-state index contributed by atoms with van der Waals surface area (Å²) in [6, 6.07) is 2.84. The van der Waals surface area contributed by atoms with Crippen molar-refractivity contribution in [2.75, 3.05) is 20.3 Å². The fourth-order valence-corrected chi connectivity index (χ4v) is 4.33.